The van der Waals surface area contributed by atoms with E-state index in [1.165, 1.54) is 25.9 Å². The molecule has 2 N–H and O–H groups in total. The first-order chi connectivity index (χ1) is 11.8. The molecule has 7 heteroatoms. The van der Waals surface area contributed by atoms with Crippen LogP contribution in [0.3, 0.4) is 0 Å². The summed E-state index contributed by atoms with van der Waals surface area (Å²) in [5.74, 6) is 1.59. The van der Waals surface area contributed by atoms with Gasteiger partial charge in [-0.3, -0.25) is 4.99 Å². The third-order valence-electron chi connectivity index (χ3n) is 4.22. The number of aliphatic imine (C=N–C) groups is 1. The molecule has 0 radical (unpaired) electrons. The number of nitrogens with one attached hydrogen (secondary N) is 2. The molecule has 1 saturated heterocycles. The Balaban J connectivity index is 0.00000576. The molecule has 1 rings (SSSR count). The van der Waals surface area contributed by atoms with Crippen LogP contribution in [-0.2, 0) is 9.47 Å². The Hall–Kier alpha value is -0.120. The number of hydrogen-bond acceptors (Lipinski definition) is 4. The fourth-order valence-electron chi connectivity index (χ4n) is 2.72. The van der Waals surface area contributed by atoms with Crippen molar-refractivity contribution >= 4 is 29.9 Å². The van der Waals surface area contributed by atoms with Crippen LogP contribution in [0.15, 0.2) is 4.99 Å². The number of rotatable bonds is 13. The normalized spacial score (nSPS) is 18.2. The van der Waals surface area contributed by atoms with Crippen LogP contribution in [0, 0.1) is 5.92 Å². The van der Waals surface area contributed by atoms with E-state index in [4.69, 9.17) is 14.5 Å². The summed E-state index contributed by atoms with van der Waals surface area (Å²) in [7, 11) is 0. The maximum Gasteiger partial charge on any atom is 0.191 e. The number of halogens is 1. The number of guanidine groups is 1. The zero-order chi connectivity index (χ0) is 17.5. The largest absolute Gasteiger partial charge is 0.379 e. The predicted molar refractivity (Wildman–Crippen MR) is 116 cm³/mol. The smallest absolute Gasteiger partial charge is 0.191 e. The molecule has 1 unspecified atom stereocenters. The van der Waals surface area contributed by atoms with E-state index in [9.17, 15) is 0 Å². The summed E-state index contributed by atoms with van der Waals surface area (Å²) in [5, 5.41) is 6.64. The van der Waals surface area contributed by atoms with Gasteiger partial charge >= 0.3 is 0 Å². The topological polar surface area (TPSA) is 58.1 Å². The van der Waals surface area contributed by atoms with Crippen molar-refractivity contribution in [2.24, 2.45) is 10.9 Å². The Kier molecular flexibility index (Phi) is 17.2. The quantitative estimate of drug-likeness (QED) is 0.187. The van der Waals surface area contributed by atoms with Gasteiger partial charge in [0.25, 0.3) is 0 Å². The second-order valence-electron chi connectivity index (χ2n) is 6.27. The monoisotopic (exact) mass is 470 g/mol. The molecule has 150 valence electrons. The molecule has 0 bridgehead atoms. The minimum Gasteiger partial charge on any atom is -0.379 e. The summed E-state index contributed by atoms with van der Waals surface area (Å²) < 4.78 is 11.0. The van der Waals surface area contributed by atoms with Crippen LogP contribution < -0.4 is 10.6 Å². The lowest BCUT2D eigenvalue weighted by Gasteiger charge is -2.14. The number of nitrogens with zero attached hydrogens (tertiary/aromatic N) is 2. The number of hydrogen-bond donors (Lipinski definition) is 2. The molecule has 1 aliphatic heterocycles. The van der Waals surface area contributed by atoms with Gasteiger partial charge in [-0.2, -0.15) is 0 Å². The zero-order valence-corrected chi connectivity index (χ0v) is 18.7. The van der Waals surface area contributed by atoms with Gasteiger partial charge in [0.15, 0.2) is 5.96 Å². The Morgan fingerprint density at radius 1 is 1.08 bits per heavy atom. The van der Waals surface area contributed by atoms with Gasteiger partial charge in [0.05, 0.1) is 19.8 Å². The highest BCUT2D eigenvalue weighted by atomic mass is 127. The Labute approximate surface area is 171 Å². The van der Waals surface area contributed by atoms with Gasteiger partial charge < -0.3 is 25.0 Å². The van der Waals surface area contributed by atoms with Gasteiger partial charge in [-0.25, -0.2) is 0 Å². The standard InChI is InChI=1S/C18H38N4O2.HI/c1-4-7-11-23-13-14-24-12-9-20-18(19-5-2)21-15-17-8-10-22(6-3)16-17;/h17H,4-16H2,1-3H3,(H2,19,20,21);1H. The number of likely N-dealkylation sites (tertiary alicyclic amines) is 1. The molecular formula is C18H39IN4O2. The van der Waals surface area contributed by atoms with Gasteiger partial charge in [0, 0.05) is 32.8 Å². The van der Waals surface area contributed by atoms with Crippen LogP contribution in [0.1, 0.15) is 40.0 Å². The fourth-order valence-corrected chi connectivity index (χ4v) is 2.72. The molecule has 0 amide bonds. The first-order valence-electron chi connectivity index (χ1n) is 9.70. The molecule has 0 aromatic heterocycles. The lowest BCUT2D eigenvalue weighted by Crippen LogP contribution is -2.39. The Morgan fingerprint density at radius 2 is 1.84 bits per heavy atom. The summed E-state index contributed by atoms with van der Waals surface area (Å²) in [5.41, 5.74) is 0. The van der Waals surface area contributed by atoms with E-state index in [2.05, 4.69) is 36.3 Å². The summed E-state index contributed by atoms with van der Waals surface area (Å²) in [4.78, 5) is 7.22. The van der Waals surface area contributed by atoms with Crippen molar-refractivity contribution in [1.82, 2.24) is 15.5 Å². The Morgan fingerprint density at radius 3 is 2.48 bits per heavy atom. The SMILES string of the molecule is CCCCOCCOCCNC(=NCC1CCN(CC)C1)NCC.I. The van der Waals surface area contributed by atoms with Crippen molar-refractivity contribution in [3.05, 3.63) is 0 Å². The van der Waals surface area contributed by atoms with Crippen LogP contribution in [0.2, 0.25) is 0 Å². The van der Waals surface area contributed by atoms with Crippen LogP contribution in [0.4, 0.5) is 0 Å². The van der Waals surface area contributed by atoms with Gasteiger partial charge in [-0.15, -0.1) is 24.0 Å². The lowest BCUT2D eigenvalue weighted by molar-refractivity contribution is 0.0487. The minimum absolute atomic E-state index is 0. The molecule has 1 atom stereocenters. The van der Waals surface area contributed by atoms with Gasteiger partial charge in [0.2, 0.25) is 0 Å². The first-order valence-corrected chi connectivity index (χ1v) is 9.70. The molecule has 0 saturated carbocycles. The van der Waals surface area contributed by atoms with E-state index in [-0.39, 0.29) is 24.0 Å². The van der Waals surface area contributed by atoms with Crippen molar-refractivity contribution in [2.45, 2.75) is 40.0 Å². The highest BCUT2D eigenvalue weighted by Crippen LogP contribution is 2.15. The van der Waals surface area contributed by atoms with Gasteiger partial charge in [-0.1, -0.05) is 20.3 Å². The average molecular weight is 470 g/mol. The third-order valence-corrected chi connectivity index (χ3v) is 4.22. The molecule has 0 aromatic carbocycles. The summed E-state index contributed by atoms with van der Waals surface area (Å²) in [6.07, 6.45) is 3.56. The Bertz CT molecular complexity index is 332. The molecule has 6 nitrogen and oxygen atoms in total. The van der Waals surface area contributed by atoms with Crippen molar-refractivity contribution in [1.29, 1.82) is 0 Å². The third kappa shape index (κ3) is 12.8. The first kappa shape index (κ1) is 24.9. The highest BCUT2D eigenvalue weighted by Gasteiger charge is 2.20. The molecular weight excluding hydrogens is 431 g/mol. The van der Waals surface area contributed by atoms with Crippen molar-refractivity contribution in [2.75, 3.05) is 65.7 Å². The maximum atomic E-state index is 5.57. The van der Waals surface area contributed by atoms with Crippen LogP contribution in [-0.4, -0.2) is 76.6 Å². The van der Waals surface area contributed by atoms with Gasteiger partial charge in [-0.05, 0) is 38.8 Å². The van der Waals surface area contributed by atoms with E-state index < -0.39 is 0 Å². The van der Waals surface area contributed by atoms with Crippen LogP contribution >= 0.6 is 24.0 Å². The second-order valence-corrected chi connectivity index (χ2v) is 6.27. The number of unbranched alkanes of at least 4 members (excludes halogenated alkanes) is 1. The fraction of sp³-hybridized carbons (Fsp3) is 0.944. The van der Waals surface area contributed by atoms with Crippen molar-refractivity contribution in [3.63, 3.8) is 0 Å². The molecule has 0 aromatic rings. The minimum atomic E-state index is 0. The lowest BCUT2D eigenvalue weighted by atomic mass is 10.1. The summed E-state index contributed by atoms with van der Waals surface area (Å²) in [6, 6.07) is 0. The zero-order valence-electron chi connectivity index (χ0n) is 16.4. The van der Waals surface area contributed by atoms with E-state index in [1.54, 1.807) is 0 Å². The van der Waals surface area contributed by atoms with E-state index in [1.807, 2.05) is 0 Å². The number of ether oxygens (including phenoxy) is 2. The molecule has 0 aliphatic carbocycles. The maximum absolute atomic E-state index is 5.57. The average Bonchev–Trinajstić information content (AvgIpc) is 3.06. The van der Waals surface area contributed by atoms with Gasteiger partial charge in [0.1, 0.15) is 0 Å². The van der Waals surface area contributed by atoms with E-state index in [0.717, 1.165) is 45.2 Å². The second kappa shape index (κ2) is 17.3. The summed E-state index contributed by atoms with van der Waals surface area (Å²) in [6.45, 7) is 15.4. The predicted octanol–water partition coefficient (Wildman–Crippen LogP) is 2.33. The van der Waals surface area contributed by atoms with E-state index in [0.29, 0.717) is 25.7 Å². The molecule has 0 spiro atoms. The van der Waals surface area contributed by atoms with Crippen LogP contribution in [0.5, 0.6) is 0 Å². The highest BCUT2D eigenvalue weighted by molar-refractivity contribution is 14.0. The van der Waals surface area contributed by atoms with Crippen LogP contribution in [0.25, 0.3) is 0 Å². The van der Waals surface area contributed by atoms with E-state index >= 15 is 0 Å². The van der Waals surface area contributed by atoms with Crippen molar-refractivity contribution < 1.29 is 9.47 Å². The molecule has 25 heavy (non-hydrogen) atoms. The summed E-state index contributed by atoms with van der Waals surface area (Å²) >= 11 is 0. The molecule has 1 heterocycles. The molecule has 1 aliphatic rings. The molecule has 1 fully saturated rings. The van der Waals surface area contributed by atoms with Crippen molar-refractivity contribution in [3.8, 4) is 0 Å².